The Balaban J connectivity index is 0.000000160. The maximum Gasteiger partial charge on any atom is 0.496 e. The quantitative estimate of drug-likeness (QED) is 0.101. The summed E-state index contributed by atoms with van der Waals surface area (Å²) in [6.07, 6.45) is 1.87. The van der Waals surface area contributed by atoms with E-state index in [1.165, 1.54) is 33.0 Å². The van der Waals surface area contributed by atoms with Gasteiger partial charge in [-0.2, -0.15) is 5.26 Å². The van der Waals surface area contributed by atoms with E-state index in [1.807, 2.05) is 82.3 Å². The summed E-state index contributed by atoms with van der Waals surface area (Å²) in [6.45, 7) is 8.01. The third kappa shape index (κ3) is 10.1. The van der Waals surface area contributed by atoms with Gasteiger partial charge in [0.1, 0.15) is 5.82 Å². The van der Waals surface area contributed by atoms with Gasteiger partial charge in [-0.25, -0.2) is 4.98 Å². The number of hydrogen-bond donors (Lipinski definition) is 2. The van der Waals surface area contributed by atoms with Crippen LogP contribution in [0, 0.1) is 11.3 Å². The molecule has 8 rings (SSSR count). The SMILES string of the molecule is CC1(C)OB(c2ccccc2C#N)OC1(C)C.Nc1ccc(Cc2ccccc2)cc1Br.Nc1nc2ccc(Cc3ccccc3)cc2c2ccccc12.[Pd]. The van der Waals surface area contributed by atoms with Gasteiger partial charge >= 0.3 is 7.12 Å². The fourth-order valence-corrected chi connectivity index (χ4v) is 6.68. The molecular weight excluding hydrogens is 838 g/mol. The Labute approximate surface area is 346 Å². The van der Waals surface area contributed by atoms with Crippen LogP contribution in [0.1, 0.15) is 55.5 Å². The van der Waals surface area contributed by atoms with Crippen molar-refractivity contribution in [3.05, 3.63) is 178 Å². The molecule has 2 heterocycles. The average molecular weight is 882 g/mol. The molecule has 1 aliphatic rings. The van der Waals surface area contributed by atoms with Gasteiger partial charge in [-0.05, 0) is 114 Å². The van der Waals surface area contributed by atoms with Gasteiger partial charge in [0.05, 0.1) is 28.4 Å². The van der Waals surface area contributed by atoms with E-state index >= 15 is 0 Å². The monoisotopic (exact) mass is 880 g/mol. The molecule has 1 aliphatic heterocycles. The fraction of sp³-hybridized carbons (Fsp3) is 0.174. The Morgan fingerprint density at radius 3 is 1.71 bits per heavy atom. The molecule has 7 aromatic rings. The van der Waals surface area contributed by atoms with Gasteiger partial charge in [0, 0.05) is 46.8 Å². The van der Waals surface area contributed by atoms with Crippen LogP contribution in [-0.2, 0) is 42.6 Å². The van der Waals surface area contributed by atoms with Crippen molar-refractivity contribution < 1.29 is 29.7 Å². The van der Waals surface area contributed by atoms with Crippen molar-refractivity contribution in [3.8, 4) is 6.07 Å². The van der Waals surface area contributed by atoms with Gasteiger partial charge in [0.2, 0.25) is 0 Å². The van der Waals surface area contributed by atoms with Crippen LogP contribution in [0.5, 0.6) is 0 Å². The van der Waals surface area contributed by atoms with E-state index in [4.69, 9.17) is 26.0 Å². The first-order valence-corrected chi connectivity index (χ1v) is 18.8. The van der Waals surface area contributed by atoms with Gasteiger partial charge in [-0.15, -0.1) is 0 Å². The number of hydrogen-bond acceptors (Lipinski definition) is 6. The minimum Gasteiger partial charge on any atom is -0.399 e. The van der Waals surface area contributed by atoms with Crippen LogP contribution >= 0.6 is 15.9 Å². The predicted octanol–water partition coefficient (Wildman–Crippen LogP) is 10.0. The molecule has 0 radical (unpaired) electrons. The van der Waals surface area contributed by atoms with Crippen LogP contribution in [0.4, 0.5) is 11.5 Å². The van der Waals surface area contributed by atoms with E-state index in [0.29, 0.717) is 11.4 Å². The first-order valence-electron chi connectivity index (χ1n) is 18.0. The molecule has 0 amide bonds. The minimum absolute atomic E-state index is 0. The molecule has 6 nitrogen and oxygen atoms in total. The number of rotatable bonds is 5. The summed E-state index contributed by atoms with van der Waals surface area (Å²) in [5.74, 6) is 0.596. The molecule has 4 N–H and O–H groups in total. The van der Waals surface area contributed by atoms with Crippen LogP contribution in [0.2, 0.25) is 0 Å². The smallest absolute Gasteiger partial charge is 0.399 e. The molecule has 55 heavy (non-hydrogen) atoms. The number of fused-ring (bicyclic) bond motifs is 3. The maximum atomic E-state index is 9.08. The zero-order valence-corrected chi connectivity index (χ0v) is 34.5. The second kappa shape index (κ2) is 18.2. The summed E-state index contributed by atoms with van der Waals surface area (Å²) in [4.78, 5) is 4.53. The molecule has 0 bridgehead atoms. The molecule has 1 fully saturated rings. The van der Waals surface area contributed by atoms with Gasteiger partial charge < -0.3 is 20.8 Å². The number of anilines is 2. The largest absolute Gasteiger partial charge is 0.496 e. The molecule has 280 valence electrons. The zero-order chi connectivity index (χ0) is 38.3. The van der Waals surface area contributed by atoms with Crippen LogP contribution < -0.4 is 16.9 Å². The van der Waals surface area contributed by atoms with E-state index in [2.05, 4.69) is 112 Å². The van der Waals surface area contributed by atoms with Crippen molar-refractivity contribution in [2.45, 2.75) is 51.7 Å². The van der Waals surface area contributed by atoms with E-state index < -0.39 is 7.12 Å². The summed E-state index contributed by atoms with van der Waals surface area (Å²) in [5.41, 5.74) is 19.4. The first-order chi connectivity index (χ1) is 25.9. The van der Waals surface area contributed by atoms with E-state index in [9.17, 15) is 0 Å². The number of nitrogens with two attached hydrogens (primary N) is 2. The number of nitrogen functional groups attached to an aromatic ring is 2. The van der Waals surface area contributed by atoms with E-state index in [1.54, 1.807) is 6.07 Å². The minimum atomic E-state index is -0.462. The number of pyridine rings is 1. The van der Waals surface area contributed by atoms with Crippen molar-refractivity contribution in [2.24, 2.45) is 0 Å². The second-order valence-corrected chi connectivity index (χ2v) is 15.2. The second-order valence-electron chi connectivity index (χ2n) is 14.4. The van der Waals surface area contributed by atoms with Crippen LogP contribution in [0.25, 0.3) is 21.7 Å². The molecule has 0 saturated carbocycles. The molecule has 9 heteroatoms. The van der Waals surface area contributed by atoms with E-state index in [0.717, 1.165) is 39.4 Å². The van der Waals surface area contributed by atoms with Crippen molar-refractivity contribution in [2.75, 3.05) is 11.5 Å². The Bertz CT molecular complexity index is 2400. The fourth-order valence-electron chi connectivity index (χ4n) is 6.26. The number of benzene rings is 6. The Kier molecular flexibility index (Phi) is 13.7. The molecular formula is C46H44BBrN4O2Pd. The van der Waals surface area contributed by atoms with Crippen LogP contribution in [0.15, 0.2) is 150 Å². The maximum absolute atomic E-state index is 9.08. The summed E-state index contributed by atoms with van der Waals surface area (Å²) < 4.78 is 12.8. The number of nitriles is 1. The first kappa shape index (κ1) is 41.4. The van der Waals surface area contributed by atoms with Crippen molar-refractivity contribution in [3.63, 3.8) is 0 Å². The average Bonchev–Trinajstić information content (AvgIpc) is 3.40. The van der Waals surface area contributed by atoms with Gasteiger partial charge in [0.25, 0.3) is 0 Å². The third-order valence-corrected chi connectivity index (χ3v) is 10.6. The predicted molar refractivity (Wildman–Crippen MR) is 228 cm³/mol. The van der Waals surface area contributed by atoms with Crippen molar-refractivity contribution >= 4 is 61.7 Å². The topological polar surface area (TPSA) is 107 Å². The summed E-state index contributed by atoms with van der Waals surface area (Å²) in [5, 5.41) is 12.4. The molecule has 0 unspecified atom stereocenters. The van der Waals surface area contributed by atoms with Crippen LogP contribution in [0.3, 0.4) is 0 Å². The van der Waals surface area contributed by atoms with Crippen molar-refractivity contribution in [1.82, 2.24) is 4.98 Å². The van der Waals surface area contributed by atoms with Crippen molar-refractivity contribution in [1.29, 1.82) is 5.26 Å². The molecule has 1 aromatic heterocycles. The molecule has 1 saturated heterocycles. The molecule has 0 atom stereocenters. The molecule has 0 aliphatic carbocycles. The van der Waals surface area contributed by atoms with Gasteiger partial charge in [-0.3, -0.25) is 0 Å². The number of halogens is 1. The van der Waals surface area contributed by atoms with Crippen LogP contribution in [-0.4, -0.2) is 23.3 Å². The summed E-state index contributed by atoms with van der Waals surface area (Å²) in [6, 6.07) is 51.2. The molecule has 0 spiro atoms. The Hall–Kier alpha value is -4.79. The zero-order valence-electron chi connectivity index (χ0n) is 31.4. The molecule has 6 aromatic carbocycles. The number of nitrogens with zero attached hydrogens (tertiary/aromatic N) is 2. The Morgan fingerprint density at radius 2 is 1.13 bits per heavy atom. The normalized spacial score (nSPS) is 13.8. The number of aromatic nitrogens is 1. The standard InChI is InChI=1S/C20H16N2.C13H16BNO2.C13H12BrN.Pd/c21-20-17-9-5-4-8-16(17)18-13-15(10-11-19(18)22-20)12-14-6-2-1-3-7-14;1-12(2)13(3,4)17-14(16-12)11-8-6-5-7-10(11)9-15;14-12-9-11(6-7-13(12)15)8-10-4-2-1-3-5-10;/h1-11,13H,12H2,(H2,21,22);5-8H,1-4H3;1-7,9H,8,15H2;. The van der Waals surface area contributed by atoms with E-state index in [-0.39, 0.29) is 31.6 Å². The summed E-state index contributed by atoms with van der Waals surface area (Å²) >= 11 is 3.43. The Morgan fingerprint density at radius 1 is 0.618 bits per heavy atom. The summed E-state index contributed by atoms with van der Waals surface area (Å²) in [7, 11) is -0.462. The third-order valence-electron chi connectivity index (χ3n) is 9.95. The van der Waals surface area contributed by atoms with Gasteiger partial charge in [0.15, 0.2) is 0 Å². The van der Waals surface area contributed by atoms with Gasteiger partial charge in [-0.1, -0.05) is 115 Å².